The van der Waals surface area contributed by atoms with Gasteiger partial charge in [0.15, 0.2) is 0 Å². The molecule has 0 spiro atoms. The molecule has 1 fully saturated rings. The van der Waals surface area contributed by atoms with Crippen molar-refractivity contribution in [3.05, 3.63) is 58.7 Å². The van der Waals surface area contributed by atoms with Gasteiger partial charge in [-0.05, 0) is 91.0 Å². The van der Waals surface area contributed by atoms with E-state index in [-0.39, 0.29) is 23.5 Å². The topological polar surface area (TPSA) is 110 Å². The first kappa shape index (κ1) is 36.2. The van der Waals surface area contributed by atoms with E-state index in [0.29, 0.717) is 5.57 Å². The summed E-state index contributed by atoms with van der Waals surface area (Å²) in [5, 5.41) is 23.4. The molecule has 3 aliphatic carbocycles. The zero-order valence-corrected chi connectivity index (χ0v) is 27.4. The number of phenols is 1. The number of unbranched alkanes of at least 4 members (excludes halogenated alkanes) is 1. The van der Waals surface area contributed by atoms with E-state index in [4.69, 9.17) is 5.73 Å². The lowest BCUT2D eigenvalue weighted by Gasteiger charge is -2.63. The number of primary amides is 1. The largest absolute Gasteiger partial charge is 0.507 e. The highest BCUT2D eigenvalue weighted by Gasteiger charge is 2.65. The van der Waals surface area contributed by atoms with Crippen molar-refractivity contribution in [3.63, 3.8) is 0 Å². The number of hydrogen-bond acceptors (Lipinski definition) is 4. The van der Waals surface area contributed by atoms with Gasteiger partial charge in [0.05, 0.1) is 5.92 Å². The summed E-state index contributed by atoms with van der Waals surface area (Å²) >= 11 is 0. The van der Waals surface area contributed by atoms with Crippen LogP contribution >= 0.6 is 0 Å². The van der Waals surface area contributed by atoms with Crippen LogP contribution in [0.15, 0.2) is 42.0 Å². The number of aromatic hydroxyl groups is 1. The van der Waals surface area contributed by atoms with E-state index in [0.717, 1.165) is 65.5 Å². The van der Waals surface area contributed by atoms with Crippen LogP contribution in [0.3, 0.4) is 0 Å². The normalized spacial score (nSPS) is 29.4. The van der Waals surface area contributed by atoms with Crippen molar-refractivity contribution < 1.29 is 15.0 Å². The van der Waals surface area contributed by atoms with Gasteiger partial charge >= 0.3 is 0 Å². The number of allylic oxidation sites excluding steroid dienone is 2. The van der Waals surface area contributed by atoms with Crippen molar-refractivity contribution in [3.8, 4) is 17.6 Å². The monoisotopic (exact) mass is 564 g/mol. The second-order valence-corrected chi connectivity index (χ2v) is 11.1. The number of amides is 1. The van der Waals surface area contributed by atoms with Gasteiger partial charge in [0, 0.05) is 23.0 Å². The lowest BCUT2D eigenvalue weighted by molar-refractivity contribution is -0.144. The minimum atomic E-state index is -1.37. The summed E-state index contributed by atoms with van der Waals surface area (Å²) in [7, 11) is 1.50. The van der Waals surface area contributed by atoms with E-state index in [1.54, 1.807) is 6.07 Å². The van der Waals surface area contributed by atoms with Crippen LogP contribution in [0.25, 0.3) is 5.57 Å². The van der Waals surface area contributed by atoms with Crippen molar-refractivity contribution in [2.45, 2.75) is 100 Å². The summed E-state index contributed by atoms with van der Waals surface area (Å²) in [4.78, 5) is 12.5. The molecular formula is C36H56N2O3. The summed E-state index contributed by atoms with van der Waals surface area (Å²) in [6, 6.07) is 3.60. The molecule has 0 radical (unpaired) electrons. The molecule has 228 valence electrons. The molecule has 1 aromatic carbocycles. The second kappa shape index (κ2) is 14.9. The molecule has 41 heavy (non-hydrogen) atoms. The Morgan fingerprint density at radius 1 is 1.15 bits per heavy atom. The molecule has 5 heteroatoms. The highest BCUT2D eigenvalue weighted by atomic mass is 16.3. The fraction of sp³-hybridized carbons (Fsp3) is 0.583. The molecule has 3 unspecified atom stereocenters. The number of aliphatic hydroxyl groups is 1. The molecule has 6 N–H and O–H groups in total. The van der Waals surface area contributed by atoms with Gasteiger partial charge in [-0.3, -0.25) is 4.79 Å². The molecule has 4 rings (SSSR count). The maximum atomic E-state index is 12.5. The molecule has 0 aromatic heterocycles. The van der Waals surface area contributed by atoms with E-state index in [2.05, 4.69) is 58.4 Å². The Kier molecular flexibility index (Phi) is 13.2. The van der Waals surface area contributed by atoms with Gasteiger partial charge in [0.2, 0.25) is 5.91 Å². The number of fused-ring (bicyclic) bond motifs is 3. The molecule has 1 aromatic rings. The number of benzene rings is 1. The Hall–Kier alpha value is -2.81. The molecule has 0 heterocycles. The van der Waals surface area contributed by atoms with Crippen LogP contribution in [-0.4, -0.2) is 28.8 Å². The van der Waals surface area contributed by atoms with Crippen LogP contribution in [0, 0.1) is 40.9 Å². The standard InChI is InChI=1S/C31H39NO3.2C2H6.CH5N/c1-8-10-11-12-21-13-14-25(33)28-18(4)26-19(5)31(35)20(6)27(29(32)34)17(3)24(9-2)30(31,7)16-22(26)15-23(21)28;3*1-2/h13-14,17,22,24,27,33,35H,4,6,8-10,15-16H2,1-3,5,7H3,(H2,32,34);2*1-2H3;2H2,1H3/t17?,22?,24-,27?,30+,31+;;;/m1.../s1. The number of rotatable bonds is 3. The zero-order chi connectivity index (χ0) is 31.9. The Morgan fingerprint density at radius 2 is 1.73 bits per heavy atom. The van der Waals surface area contributed by atoms with E-state index in [9.17, 15) is 15.0 Å². The molecule has 1 amide bonds. The van der Waals surface area contributed by atoms with Crippen LogP contribution in [0.1, 0.15) is 105 Å². The average molecular weight is 565 g/mol. The van der Waals surface area contributed by atoms with Crippen LogP contribution in [-0.2, 0) is 11.2 Å². The van der Waals surface area contributed by atoms with Crippen molar-refractivity contribution >= 4 is 11.5 Å². The third-order valence-electron chi connectivity index (χ3n) is 9.38. The van der Waals surface area contributed by atoms with Gasteiger partial charge in [-0.15, -0.1) is 0 Å². The van der Waals surface area contributed by atoms with Crippen LogP contribution in [0.4, 0.5) is 0 Å². The Morgan fingerprint density at radius 3 is 2.24 bits per heavy atom. The van der Waals surface area contributed by atoms with Gasteiger partial charge in [-0.25, -0.2) is 0 Å². The van der Waals surface area contributed by atoms with Crippen molar-refractivity contribution in [1.29, 1.82) is 0 Å². The highest BCUT2D eigenvalue weighted by Crippen LogP contribution is 2.66. The minimum absolute atomic E-state index is 0.0109. The predicted molar refractivity (Wildman–Crippen MR) is 174 cm³/mol. The summed E-state index contributed by atoms with van der Waals surface area (Å²) in [6.45, 7) is 27.1. The van der Waals surface area contributed by atoms with Gasteiger partial charge in [-0.1, -0.05) is 86.8 Å². The van der Waals surface area contributed by atoms with Crippen LogP contribution in [0.5, 0.6) is 5.75 Å². The first-order valence-electron chi connectivity index (χ1n) is 15.5. The van der Waals surface area contributed by atoms with E-state index in [1.807, 2.05) is 40.7 Å². The SMILES string of the molecule is C=C1C2=C(C)[C@]3(O)C(=C)C(C(N)=O)C(C)[C@@H](CC)[C@]3(C)CC2Cc2c(C#CCCC)ccc(O)c21.CC.CC.CN. The van der Waals surface area contributed by atoms with E-state index < -0.39 is 22.8 Å². The summed E-state index contributed by atoms with van der Waals surface area (Å²) in [5.74, 6) is 5.94. The summed E-state index contributed by atoms with van der Waals surface area (Å²) < 4.78 is 0. The smallest absolute Gasteiger partial charge is 0.225 e. The summed E-state index contributed by atoms with van der Waals surface area (Å²) in [5.41, 5.74) is 14.2. The number of carbonyl (C=O) groups excluding carboxylic acids is 1. The Labute approximate surface area is 250 Å². The van der Waals surface area contributed by atoms with Gasteiger partial charge in [0.1, 0.15) is 11.4 Å². The maximum Gasteiger partial charge on any atom is 0.225 e. The van der Waals surface area contributed by atoms with E-state index in [1.165, 1.54) is 7.05 Å². The molecule has 0 aliphatic heterocycles. The number of phenolic OH excluding ortho intramolecular Hbond substituents is 1. The fourth-order valence-corrected chi connectivity index (χ4v) is 7.94. The van der Waals surface area contributed by atoms with Crippen LogP contribution < -0.4 is 11.5 Å². The summed E-state index contributed by atoms with van der Waals surface area (Å²) in [6.07, 6.45) is 4.12. The van der Waals surface area contributed by atoms with Crippen LogP contribution in [0.2, 0.25) is 0 Å². The highest BCUT2D eigenvalue weighted by molar-refractivity contribution is 5.88. The second-order valence-electron chi connectivity index (χ2n) is 11.1. The number of carbonyl (C=O) groups is 1. The zero-order valence-electron chi connectivity index (χ0n) is 27.4. The molecule has 3 aliphatic rings. The fourth-order valence-electron chi connectivity index (χ4n) is 7.94. The molecule has 6 atom stereocenters. The van der Waals surface area contributed by atoms with Gasteiger partial charge < -0.3 is 21.7 Å². The lowest BCUT2D eigenvalue weighted by Crippen LogP contribution is -2.64. The number of hydrogen-bond donors (Lipinski definition) is 4. The molecule has 5 nitrogen and oxygen atoms in total. The Balaban J connectivity index is 0.00000131. The van der Waals surface area contributed by atoms with Crippen molar-refractivity contribution in [2.24, 2.45) is 40.6 Å². The maximum absolute atomic E-state index is 12.5. The molecule has 1 saturated carbocycles. The Bertz CT molecular complexity index is 1220. The predicted octanol–water partition coefficient (Wildman–Crippen LogP) is 7.15. The quantitative estimate of drug-likeness (QED) is 0.231. The first-order chi connectivity index (χ1) is 19.4. The van der Waals surface area contributed by atoms with E-state index >= 15 is 0 Å². The molecule has 0 bridgehead atoms. The third-order valence-corrected chi connectivity index (χ3v) is 9.38. The van der Waals surface area contributed by atoms with Crippen molar-refractivity contribution in [1.82, 2.24) is 0 Å². The molecule has 0 saturated heterocycles. The van der Waals surface area contributed by atoms with Crippen molar-refractivity contribution in [2.75, 3.05) is 7.05 Å². The first-order valence-corrected chi connectivity index (χ1v) is 15.5. The van der Waals surface area contributed by atoms with Gasteiger partial charge in [-0.2, -0.15) is 0 Å². The minimum Gasteiger partial charge on any atom is -0.507 e. The average Bonchev–Trinajstić information content (AvgIpc) is 2.95. The van der Waals surface area contributed by atoms with Gasteiger partial charge in [0.25, 0.3) is 0 Å². The molecular weight excluding hydrogens is 508 g/mol. The third kappa shape index (κ3) is 5.79. The lowest BCUT2D eigenvalue weighted by atomic mass is 9.43. The number of nitrogens with two attached hydrogens (primary N) is 2.